The predicted octanol–water partition coefficient (Wildman–Crippen LogP) is 1.22. The Labute approximate surface area is 139 Å². The maximum absolute atomic E-state index is 12.3. The lowest BCUT2D eigenvalue weighted by Gasteiger charge is -2.32. The van der Waals surface area contributed by atoms with Gasteiger partial charge in [-0.1, -0.05) is 6.07 Å². The Bertz CT molecular complexity index is 728. The van der Waals surface area contributed by atoms with Gasteiger partial charge in [0, 0.05) is 37.1 Å². The molecule has 3 rings (SSSR count). The van der Waals surface area contributed by atoms with Crippen LogP contribution < -0.4 is 5.32 Å². The maximum atomic E-state index is 12.3. The van der Waals surface area contributed by atoms with Gasteiger partial charge in [-0.3, -0.25) is 14.6 Å². The lowest BCUT2D eigenvalue weighted by atomic mass is 10.0. The van der Waals surface area contributed by atoms with Crippen LogP contribution in [0.1, 0.15) is 33.7 Å². The second-order valence-electron chi connectivity index (χ2n) is 5.68. The Kier molecular flexibility index (Phi) is 4.69. The van der Waals surface area contributed by atoms with E-state index in [0.717, 1.165) is 0 Å². The standard InChI is InChI=1S/C17H18N4O3/c22-14-3-1-2-12(10-14)16(23)20-13-4-8-21(9-5-13)17(24)15-11-18-6-7-19-15/h1-3,6-7,10-11,13,22H,4-5,8-9H2,(H,20,23). The van der Waals surface area contributed by atoms with Crippen LogP contribution in [0.5, 0.6) is 5.75 Å². The Hall–Kier alpha value is -2.96. The molecule has 0 saturated carbocycles. The molecule has 24 heavy (non-hydrogen) atoms. The smallest absolute Gasteiger partial charge is 0.274 e. The SMILES string of the molecule is O=C(NC1CCN(C(=O)c2cnccn2)CC1)c1cccc(O)c1. The van der Waals surface area contributed by atoms with Crippen molar-refractivity contribution in [3.05, 3.63) is 54.1 Å². The molecule has 2 aromatic rings. The fraction of sp³-hybridized carbons (Fsp3) is 0.294. The van der Waals surface area contributed by atoms with Gasteiger partial charge < -0.3 is 15.3 Å². The van der Waals surface area contributed by atoms with Gasteiger partial charge in [0.05, 0.1) is 6.20 Å². The summed E-state index contributed by atoms with van der Waals surface area (Å²) in [5, 5.41) is 12.4. The number of aromatic hydroxyl groups is 1. The van der Waals surface area contributed by atoms with Gasteiger partial charge >= 0.3 is 0 Å². The van der Waals surface area contributed by atoms with Crippen LogP contribution in [0.4, 0.5) is 0 Å². The van der Waals surface area contributed by atoms with E-state index in [9.17, 15) is 14.7 Å². The molecule has 2 N–H and O–H groups in total. The first kappa shape index (κ1) is 15.9. The number of phenolic OH excluding ortho intramolecular Hbond substituents is 1. The zero-order chi connectivity index (χ0) is 16.9. The molecular weight excluding hydrogens is 308 g/mol. The van der Waals surface area contributed by atoms with Gasteiger partial charge in [0.15, 0.2) is 0 Å². The number of likely N-dealkylation sites (tertiary alicyclic amines) is 1. The summed E-state index contributed by atoms with van der Waals surface area (Å²) >= 11 is 0. The maximum Gasteiger partial charge on any atom is 0.274 e. The van der Waals surface area contributed by atoms with Crippen molar-refractivity contribution in [1.82, 2.24) is 20.2 Å². The van der Waals surface area contributed by atoms with Crippen molar-refractivity contribution in [1.29, 1.82) is 0 Å². The van der Waals surface area contributed by atoms with E-state index < -0.39 is 0 Å². The molecule has 124 valence electrons. The number of phenols is 1. The van der Waals surface area contributed by atoms with Crippen LogP contribution in [0.25, 0.3) is 0 Å². The van der Waals surface area contributed by atoms with Gasteiger partial charge in [-0.25, -0.2) is 4.98 Å². The summed E-state index contributed by atoms with van der Waals surface area (Å²) in [6.07, 6.45) is 5.83. The lowest BCUT2D eigenvalue weighted by Crippen LogP contribution is -2.46. The summed E-state index contributed by atoms with van der Waals surface area (Å²) in [5.74, 6) is -0.294. The minimum atomic E-state index is -0.218. The summed E-state index contributed by atoms with van der Waals surface area (Å²) in [5.41, 5.74) is 0.757. The number of nitrogens with one attached hydrogen (secondary N) is 1. The van der Waals surface area contributed by atoms with Crippen LogP contribution in [0.3, 0.4) is 0 Å². The van der Waals surface area contributed by atoms with Gasteiger partial charge in [-0.15, -0.1) is 0 Å². The topological polar surface area (TPSA) is 95.4 Å². The second-order valence-corrected chi connectivity index (χ2v) is 5.68. The lowest BCUT2D eigenvalue weighted by molar-refractivity contribution is 0.0692. The molecule has 7 nitrogen and oxygen atoms in total. The minimum absolute atomic E-state index is 0.00533. The van der Waals surface area contributed by atoms with E-state index in [0.29, 0.717) is 37.2 Å². The highest BCUT2D eigenvalue weighted by molar-refractivity contribution is 5.95. The zero-order valence-electron chi connectivity index (χ0n) is 13.1. The average Bonchev–Trinajstić information content (AvgIpc) is 2.62. The Balaban J connectivity index is 1.54. The molecule has 2 amide bonds. The molecule has 2 heterocycles. The number of carbonyl (C=O) groups excluding carboxylic acids is 2. The molecule has 1 aliphatic rings. The van der Waals surface area contributed by atoms with Crippen molar-refractivity contribution >= 4 is 11.8 Å². The van der Waals surface area contributed by atoms with Crippen LogP contribution >= 0.6 is 0 Å². The third-order valence-corrected chi connectivity index (χ3v) is 4.01. The summed E-state index contributed by atoms with van der Waals surface area (Å²) < 4.78 is 0. The largest absolute Gasteiger partial charge is 0.508 e. The first-order chi connectivity index (χ1) is 11.6. The van der Waals surface area contributed by atoms with E-state index in [1.54, 1.807) is 17.0 Å². The Morgan fingerprint density at radius 2 is 2.00 bits per heavy atom. The number of hydrogen-bond acceptors (Lipinski definition) is 5. The number of aromatic nitrogens is 2. The van der Waals surface area contributed by atoms with Gasteiger partial charge in [0.1, 0.15) is 11.4 Å². The van der Waals surface area contributed by atoms with Gasteiger partial charge in [0.25, 0.3) is 11.8 Å². The number of piperidine rings is 1. The molecule has 0 atom stereocenters. The second kappa shape index (κ2) is 7.08. The van der Waals surface area contributed by atoms with Crippen LogP contribution in [0.2, 0.25) is 0 Å². The monoisotopic (exact) mass is 326 g/mol. The fourth-order valence-electron chi connectivity index (χ4n) is 2.71. The highest BCUT2D eigenvalue weighted by atomic mass is 16.3. The number of rotatable bonds is 3. The molecule has 0 aliphatic carbocycles. The summed E-state index contributed by atoms with van der Waals surface area (Å²) in [6, 6.07) is 6.25. The van der Waals surface area contributed by atoms with Crippen LogP contribution in [-0.2, 0) is 0 Å². The van der Waals surface area contributed by atoms with Crippen molar-refractivity contribution in [3.63, 3.8) is 0 Å². The van der Waals surface area contributed by atoms with Crippen molar-refractivity contribution in [2.24, 2.45) is 0 Å². The normalized spacial score (nSPS) is 15.1. The Morgan fingerprint density at radius 3 is 2.67 bits per heavy atom. The number of benzene rings is 1. The van der Waals surface area contributed by atoms with Crippen molar-refractivity contribution in [2.45, 2.75) is 18.9 Å². The Morgan fingerprint density at radius 1 is 1.21 bits per heavy atom. The molecule has 7 heteroatoms. The van der Waals surface area contributed by atoms with E-state index in [-0.39, 0.29) is 23.6 Å². The van der Waals surface area contributed by atoms with Gasteiger partial charge in [0.2, 0.25) is 0 Å². The molecule has 0 radical (unpaired) electrons. The van der Waals surface area contributed by atoms with E-state index in [1.807, 2.05) is 0 Å². The minimum Gasteiger partial charge on any atom is -0.508 e. The molecule has 0 unspecified atom stereocenters. The molecular formula is C17H18N4O3. The van der Waals surface area contributed by atoms with E-state index >= 15 is 0 Å². The quantitative estimate of drug-likeness (QED) is 0.884. The molecule has 0 spiro atoms. The van der Waals surface area contributed by atoms with Gasteiger partial charge in [-0.05, 0) is 31.0 Å². The predicted molar refractivity (Wildman–Crippen MR) is 86.5 cm³/mol. The van der Waals surface area contributed by atoms with Crippen molar-refractivity contribution < 1.29 is 14.7 Å². The zero-order valence-corrected chi connectivity index (χ0v) is 13.1. The summed E-state index contributed by atoms with van der Waals surface area (Å²) in [6.45, 7) is 1.11. The first-order valence-electron chi connectivity index (χ1n) is 7.78. The first-order valence-corrected chi connectivity index (χ1v) is 7.78. The molecule has 1 aromatic heterocycles. The van der Waals surface area contributed by atoms with E-state index in [2.05, 4.69) is 15.3 Å². The van der Waals surface area contributed by atoms with Crippen LogP contribution in [-0.4, -0.2) is 50.9 Å². The van der Waals surface area contributed by atoms with Crippen molar-refractivity contribution in [2.75, 3.05) is 13.1 Å². The van der Waals surface area contributed by atoms with Gasteiger partial charge in [-0.2, -0.15) is 0 Å². The number of carbonyl (C=O) groups is 2. The molecule has 1 aliphatic heterocycles. The van der Waals surface area contributed by atoms with E-state index in [1.165, 1.54) is 30.7 Å². The number of hydrogen-bond donors (Lipinski definition) is 2. The molecule has 1 saturated heterocycles. The molecule has 1 fully saturated rings. The highest BCUT2D eigenvalue weighted by Crippen LogP contribution is 2.15. The number of amides is 2. The molecule has 1 aromatic carbocycles. The third kappa shape index (κ3) is 3.68. The summed E-state index contributed by atoms with van der Waals surface area (Å²) in [7, 11) is 0. The van der Waals surface area contributed by atoms with Crippen molar-refractivity contribution in [3.8, 4) is 5.75 Å². The van der Waals surface area contributed by atoms with E-state index in [4.69, 9.17) is 0 Å². The number of nitrogens with zero attached hydrogens (tertiary/aromatic N) is 3. The summed E-state index contributed by atoms with van der Waals surface area (Å²) in [4.78, 5) is 34.1. The highest BCUT2D eigenvalue weighted by Gasteiger charge is 2.25. The van der Waals surface area contributed by atoms with Crippen LogP contribution in [0, 0.1) is 0 Å². The average molecular weight is 326 g/mol. The van der Waals surface area contributed by atoms with Crippen LogP contribution in [0.15, 0.2) is 42.9 Å². The third-order valence-electron chi connectivity index (χ3n) is 4.01. The molecule has 0 bridgehead atoms. The fourth-order valence-corrected chi connectivity index (χ4v) is 2.71.